The second-order valence-corrected chi connectivity index (χ2v) is 15.7. The van der Waals surface area contributed by atoms with Crippen molar-refractivity contribution in [3.63, 3.8) is 0 Å². The third kappa shape index (κ3) is 5.82. The van der Waals surface area contributed by atoms with Gasteiger partial charge in [0, 0.05) is 49.4 Å². The summed E-state index contributed by atoms with van der Waals surface area (Å²) in [5.41, 5.74) is 15.6. The summed E-state index contributed by atoms with van der Waals surface area (Å²) in [4.78, 5) is 2.39. The van der Waals surface area contributed by atoms with Crippen LogP contribution in [0.3, 0.4) is 0 Å². The number of aromatic nitrogens is 1. The van der Waals surface area contributed by atoms with Crippen LogP contribution in [0.4, 0.5) is 17.1 Å². The number of benzene rings is 10. The third-order valence-electron chi connectivity index (χ3n) is 12.2. The van der Waals surface area contributed by atoms with Crippen molar-refractivity contribution in [2.45, 2.75) is 0 Å². The lowest BCUT2D eigenvalue weighted by molar-refractivity contribution is 0.672. The summed E-state index contributed by atoms with van der Waals surface area (Å²) in [6.45, 7) is 0. The molecule has 0 bridgehead atoms. The van der Waals surface area contributed by atoms with Gasteiger partial charge in [0.1, 0.15) is 11.2 Å². The SMILES string of the molecule is c1ccc(-c2ccc(N(c3ccc(-c4ccccc4-n4c5ccccc5c5ccccc54)cc3)c3ccccc3-c3ccc4ccc5c6ccccc6oc5c4c3)cc2)cc1. The van der Waals surface area contributed by atoms with Gasteiger partial charge >= 0.3 is 0 Å². The van der Waals surface area contributed by atoms with Crippen LogP contribution in [0.25, 0.3) is 93.6 Å². The summed E-state index contributed by atoms with van der Waals surface area (Å²) >= 11 is 0. The van der Waals surface area contributed by atoms with E-state index in [1.165, 1.54) is 38.5 Å². The smallest absolute Gasteiger partial charge is 0.143 e. The molecule has 0 spiro atoms. The van der Waals surface area contributed by atoms with Crippen LogP contribution in [-0.4, -0.2) is 4.57 Å². The summed E-state index contributed by atoms with van der Waals surface area (Å²) in [5, 5.41) is 7.03. The molecule has 12 aromatic rings. The van der Waals surface area contributed by atoms with Crippen LogP contribution in [0.2, 0.25) is 0 Å². The van der Waals surface area contributed by atoms with Crippen LogP contribution in [0, 0.1) is 0 Å². The van der Waals surface area contributed by atoms with Crippen LogP contribution in [0.15, 0.2) is 235 Å². The Bertz CT molecular complexity index is 3520. The molecule has 0 saturated carbocycles. The Labute approximate surface area is 353 Å². The van der Waals surface area contributed by atoms with Gasteiger partial charge in [-0.3, -0.25) is 0 Å². The highest BCUT2D eigenvalue weighted by molar-refractivity contribution is 6.16. The summed E-state index contributed by atoms with van der Waals surface area (Å²) < 4.78 is 8.94. The molecule has 0 amide bonds. The lowest BCUT2D eigenvalue weighted by atomic mass is 9.97. The predicted octanol–water partition coefficient (Wildman–Crippen LogP) is 16.3. The van der Waals surface area contributed by atoms with E-state index in [1.54, 1.807) is 0 Å². The van der Waals surface area contributed by atoms with E-state index < -0.39 is 0 Å². The molecule has 0 aliphatic rings. The molecule has 0 aliphatic heterocycles. The van der Waals surface area contributed by atoms with E-state index in [1.807, 2.05) is 6.07 Å². The average Bonchev–Trinajstić information content (AvgIpc) is 3.89. The lowest BCUT2D eigenvalue weighted by Crippen LogP contribution is -2.11. The Balaban J connectivity index is 1.01. The molecule has 3 nitrogen and oxygen atoms in total. The van der Waals surface area contributed by atoms with Gasteiger partial charge in [0.15, 0.2) is 0 Å². The lowest BCUT2D eigenvalue weighted by Gasteiger charge is -2.28. The Morgan fingerprint density at radius 1 is 0.344 bits per heavy atom. The molecule has 0 atom stereocenters. The molecular formula is C58H38N2O. The molecule has 2 aromatic heterocycles. The number of hydrogen-bond acceptors (Lipinski definition) is 2. The fraction of sp³-hybridized carbons (Fsp3) is 0. The number of rotatable bonds is 7. The maximum atomic E-state index is 6.53. The first-order valence-electron chi connectivity index (χ1n) is 20.8. The van der Waals surface area contributed by atoms with Crippen molar-refractivity contribution in [2.24, 2.45) is 0 Å². The first kappa shape index (κ1) is 34.9. The number of nitrogens with zero attached hydrogens (tertiary/aromatic N) is 2. The molecule has 2 heterocycles. The van der Waals surface area contributed by atoms with E-state index in [4.69, 9.17) is 4.42 Å². The second kappa shape index (κ2) is 14.3. The number of hydrogen-bond donors (Lipinski definition) is 0. The fourth-order valence-corrected chi connectivity index (χ4v) is 9.33. The van der Waals surface area contributed by atoms with Gasteiger partial charge in [-0.25, -0.2) is 0 Å². The molecule has 3 heteroatoms. The summed E-state index contributed by atoms with van der Waals surface area (Å²) in [5.74, 6) is 0. The van der Waals surface area contributed by atoms with E-state index in [0.29, 0.717) is 0 Å². The van der Waals surface area contributed by atoms with Gasteiger partial charge in [0.2, 0.25) is 0 Å². The molecule has 12 rings (SSSR count). The highest BCUT2D eigenvalue weighted by atomic mass is 16.3. The molecule has 61 heavy (non-hydrogen) atoms. The highest BCUT2D eigenvalue weighted by Gasteiger charge is 2.20. The summed E-state index contributed by atoms with van der Waals surface area (Å²) in [7, 11) is 0. The molecule has 0 radical (unpaired) electrons. The van der Waals surface area contributed by atoms with Gasteiger partial charge < -0.3 is 13.9 Å². The van der Waals surface area contributed by atoms with E-state index in [2.05, 4.69) is 234 Å². The van der Waals surface area contributed by atoms with E-state index in [9.17, 15) is 0 Å². The molecule has 0 fully saturated rings. The van der Waals surface area contributed by atoms with Gasteiger partial charge in [-0.1, -0.05) is 164 Å². The fourth-order valence-electron chi connectivity index (χ4n) is 9.33. The topological polar surface area (TPSA) is 21.3 Å². The number of para-hydroxylation sites is 5. The zero-order valence-corrected chi connectivity index (χ0v) is 33.2. The minimum absolute atomic E-state index is 0.905. The number of anilines is 3. The minimum Gasteiger partial charge on any atom is -0.455 e. The van der Waals surface area contributed by atoms with Crippen LogP contribution in [0.5, 0.6) is 0 Å². The van der Waals surface area contributed by atoms with Crippen molar-refractivity contribution in [3.05, 3.63) is 231 Å². The second-order valence-electron chi connectivity index (χ2n) is 15.7. The maximum absolute atomic E-state index is 6.53. The summed E-state index contributed by atoms with van der Waals surface area (Å²) in [6, 6.07) is 82.9. The van der Waals surface area contributed by atoms with Crippen molar-refractivity contribution in [2.75, 3.05) is 4.90 Å². The van der Waals surface area contributed by atoms with Crippen LogP contribution < -0.4 is 4.90 Å². The van der Waals surface area contributed by atoms with Gasteiger partial charge in [-0.05, 0) is 94.4 Å². The Kier molecular flexibility index (Phi) is 8.17. The highest BCUT2D eigenvalue weighted by Crippen LogP contribution is 2.44. The van der Waals surface area contributed by atoms with E-state index >= 15 is 0 Å². The van der Waals surface area contributed by atoms with Gasteiger partial charge in [-0.15, -0.1) is 0 Å². The molecule has 0 unspecified atom stereocenters. The minimum atomic E-state index is 0.905. The Hall–Kier alpha value is -8.14. The predicted molar refractivity (Wildman–Crippen MR) is 257 cm³/mol. The van der Waals surface area contributed by atoms with Crippen molar-refractivity contribution < 1.29 is 4.42 Å². The van der Waals surface area contributed by atoms with Crippen LogP contribution in [0.1, 0.15) is 0 Å². The monoisotopic (exact) mass is 778 g/mol. The largest absolute Gasteiger partial charge is 0.455 e. The maximum Gasteiger partial charge on any atom is 0.143 e. The quantitative estimate of drug-likeness (QED) is 0.161. The zero-order chi connectivity index (χ0) is 40.3. The van der Waals surface area contributed by atoms with Crippen molar-refractivity contribution in [3.8, 4) is 39.1 Å². The first-order chi connectivity index (χ1) is 30.3. The third-order valence-corrected chi connectivity index (χ3v) is 12.2. The molecule has 0 aliphatic carbocycles. The summed E-state index contributed by atoms with van der Waals surface area (Å²) in [6.07, 6.45) is 0. The van der Waals surface area contributed by atoms with Crippen molar-refractivity contribution in [1.29, 1.82) is 0 Å². The van der Waals surface area contributed by atoms with Gasteiger partial charge in [-0.2, -0.15) is 0 Å². The first-order valence-corrected chi connectivity index (χ1v) is 20.8. The molecular weight excluding hydrogens is 741 g/mol. The molecule has 0 saturated heterocycles. The molecule has 10 aromatic carbocycles. The zero-order valence-electron chi connectivity index (χ0n) is 33.2. The van der Waals surface area contributed by atoms with Crippen LogP contribution >= 0.6 is 0 Å². The average molecular weight is 779 g/mol. The molecule has 0 N–H and O–H groups in total. The normalized spacial score (nSPS) is 11.6. The van der Waals surface area contributed by atoms with E-state index in [-0.39, 0.29) is 0 Å². The van der Waals surface area contributed by atoms with Gasteiger partial charge in [0.05, 0.1) is 22.4 Å². The Morgan fingerprint density at radius 3 is 1.62 bits per heavy atom. The molecule has 286 valence electrons. The van der Waals surface area contributed by atoms with Gasteiger partial charge in [0.25, 0.3) is 0 Å². The standard InChI is InChI=1S/C58H38N2O/c1-2-14-39(15-3-1)40-28-33-44(34-29-40)59(53-21-9-5-17-47(53)43-27-26-42-32-37-51-50-20-8-13-25-57(50)61-58(51)52(42)38-43)45-35-30-41(31-36-45)46-16-4-10-22-54(46)60-55-23-11-6-18-48(55)49-19-7-12-24-56(49)60/h1-38H. The Morgan fingerprint density at radius 2 is 0.885 bits per heavy atom. The van der Waals surface area contributed by atoms with Crippen molar-refractivity contribution >= 4 is 71.6 Å². The number of fused-ring (bicyclic) bond motifs is 8. The number of furan rings is 1. The van der Waals surface area contributed by atoms with Crippen LogP contribution in [-0.2, 0) is 0 Å². The van der Waals surface area contributed by atoms with Crippen molar-refractivity contribution in [1.82, 2.24) is 4.57 Å². The van der Waals surface area contributed by atoms with E-state index in [0.717, 1.165) is 72.2 Å².